The van der Waals surface area contributed by atoms with E-state index in [1.165, 1.54) is 6.20 Å². The van der Waals surface area contributed by atoms with Crippen molar-refractivity contribution in [3.8, 4) is 0 Å². The summed E-state index contributed by atoms with van der Waals surface area (Å²) in [6.07, 6.45) is 4.05. The number of hydrogen-bond donors (Lipinski definition) is 3. The fraction of sp³-hybridized carbons (Fsp3) is 0.368. The molecule has 1 heterocycles. The molecule has 0 aliphatic heterocycles. The Balaban J connectivity index is 1.45. The van der Waals surface area contributed by atoms with Crippen LogP contribution in [0.15, 0.2) is 36.5 Å². The fourth-order valence-corrected chi connectivity index (χ4v) is 3.51. The van der Waals surface area contributed by atoms with E-state index in [0.717, 1.165) is 31.2 Å². The van der Waals surface area contributed by atoms with Crippen molar-refractivity contribution in [1.29, 1.82) is 0 Å². The maximum absolute atomic E-state index is 12.0. The maximum Gasteiger partial charge on any atom is 0.407 e. The molecule has 1 aliphatic rings. The highest BCUT2D eigenvalue weighted by atomic mass is 127. The molecule has 2 aromatic rings. The van der Waals surface area contributed by atoms with E-state index in [1.54, 1.807) is 0 Å². The molecular formula is C19H21IN4O4. The number of alkyl carbamates (subject to hydrolysis) is 1. The first-order valence-corrected chi connectivity index (χ1v) is 10.1. The number of rotatable bonds is 6. The Bertz CT molecular complexity index is 826. The molecule has 1 fully saturated rings. The van der Waals surface area contributed by atoms with Gasteiger partial charge >= 0.3 is 12.1 Å². The summed E-state index contributed by atoms with van der Waals surface area (Å²) in [6.45, 7) is 0.244. The predicted molar refractivity (Wildman–Crippen MR) is 111 cm³/mol. The minimum atomic E-state index is -1.06. The van der Waals surface area contributed by atoms with Gasteiger partial charge in [0.05, 0.1) is 0 Å². The third-order valence-corrected chi connectivity index (χ3v) is 5.11. The second-order valence-corrected chi connectivity index (χ2v) is 7.57. The number of halogens is 1. The molecule has 1 amide bonds. The first kappa shape index (κ1) is 20.3. The quantitative estimate of drug-likeness (QED) is 0.415. The minimum Gasteiger partial charge on any atom is -0.477 e. The van der Waals surface area contributed by atoms with Crippen molar-refractivity contribution in [1.82, 2.24) is 15.3 Å². The van der Waals surface area contributed by atoms with Crippen LogP contribution in [0.4, 0.5) is 10.6 Å². The monoisotopic (exact) mass is 496 g/mol. The number of aromatic carboxylic acids is 1. The van der Waals surface area contributed by atoms with Crippen LogP contribution in [0.2, 0.25) is 0 Å². The van der Waals surface area contributed by atoms with Gasteiger partial charge in [0.25, 0.3) is 0 Å². The van der Waals surface area contributed by atoms with E-state index >= 15 is 0 Å². The maximum atomic E-state index is 12.0. The molecule has 8 nitrogen and oxygen atoms in total. The van der Waals surface area contributed by atoms with Crippen LogP contribution in [0.3, 0.4) is 0 Å². The van der Waals surface area contributed by atoms with Crippen molar-refractivity contribution in [3.63, 3.8) is 0 Å². The Morgan fingerprint density at radius 3 is 2.50 bits per heavy atom. The summed E-state index contributed by atoms with van der Waals surface area (Å²) in [6, 6.07) is 9.68. The highest BCUT2D eigenvalue weighted by Crippen LogP contribution is 2.23. The largest absolute Gasteiger partial charge is 0.477 e. The van der Waals surface area contributed by atoms with Gasteiger partial charge in [0.1, 0.15) is 18.0 Å². The topological polar surface area (TPSA) is 113 Å². The van der Waals surface area contributed by atoms with Gasteiger partial charge in [0.2, 0.25) is 0 Å². The Morgan fingerprint density at radius 2 is 1.82 bits per heavy atom. The van der Waals surface area contributed by atoms with Crippen LogP contribution < -0.4 is 10.6 Å². The second-order valence-electron chi connectivity index (χ2n) is 6.61. The Morgan fingerprint density at radius 1 is 1.14 bits per heavy atom. The predicted octanol–water partition coefficient (Wildman–Crippen LogP) is 3.43. The molecule has 9 heteroatoms. The highest BCUT2D eigenvalue weighted by Gasteiger charge is 2.24. The Labute approximate surface area is 176 Å². The van der Waals surface area contributed by atoms with Gasteiger partial charge in [-0.3, -0.25) is 0 Å². The van der Waals surface area contributed by atoms with Gasteiger partial charge in [0, 0.05) is 40.9 Å². The van der Waals surface area contributed by atoms with Crippen LogP contribution in [0.5, 0.6) is 0 Å². The summed E-state index contributed by atoms with van der Waals surface area (Å²) < 4.78 is 5.75. The molecule has 0 bridgehead atoms. The minimum absolute atomic E-state index is 0.0470. The lowest BCUT2D eigenvalue weighted by Crippen LogP contribution is -2.40. The molecule has 1 aliphatic carbocycles. The zero-order valence-corrected chi connectivity index (χ0v) is 17.3. The highest BCUT2D eigenvalue weighted by molar-refractivity contribution is 14.1. The summed E-state index contributed by atoms with van der Waals surface area (Å²) in [5.41, 5.74) is 1.00. The van der Waals surface area contributed by atoms with E-state index in [9.17, 15) is 14.7 Å². The van der Waals surface area contributed by atoms with Crippen molar-refractivity contribution >= 4 is 40.5 Å². The zero-order chi connectivity index (χ0) is 19.9. The van der Waals surface area contributed by atoms with Crippen molar-refractivity contribution in [2.45, 2.75) is 44.4 Å². The number of carbonyl (C=O) groups excluding carboxylic acids is 1. The lowest BCUT2D eigenvalue weighted by atomic mass is 9.91. The summed E-state index contributed by atoms with van der Waals surface area (Å²) in [4.78, 5) is 31.4. The summed E-state index contributed by atoms with van der Waals surface area (Å²) >= 11 is 1.95. The molecule has 0 unspecified atom stereocenters. The van der Waals surface area contributed by atoms with E-state index in [-0.39, 0.29) is 24.3 Å². The molecule has 0 atom stereocenters. The number of carboxylic acids is 1. The molecule has 148 valence electrons. The van der Waals surface area contributed by atoms with E-state index in [4.69, 9.17) is 4.74 Å². The first-order valence-electron chi connectivity index (χ1n) is 9.01. The average molecular weight is 496 g/mol. The van der Waals surface area contributed by atoms with Crippen LogP contribution in [0.1, 0.15) is 41.6 Å². The van der Waals surface area contributed by atoms with Crippen LogP contribution in [-0.4, -0.2) is 39.2 Å². The summed E-state index contributed by atoms with van der Waals surface area (Å²) in [5, 5.41) is 15.4. The number of nitrogens with one attached hydrogen (secondary N) is 2. The fourth-order valence-electron chi connectivity index (χ4n) is 3.13. The van der Waals surface area contributed by atoms with Gasteiger partial charge in [0.15, 0.2) is 3.83 Å². The van der Waals surface area contributed by atoms with Crippen molar-refractivity contribution in [2.75, 3.05) is 5.32 Å². The number of aromatic nitrogens is 2. The molecule has 3 rings (SSSR count). The van der Waals surface area contributed by atoms with Gasteiger partial charge in [-0.25, -0.2) is 19.6 Å². The second kappa shape index (κ2) is 9.67. The number of hydrogen-bond acceptors (Lipinski definition) is 6. The summed E-state index contributed by atoms with van der Waals surface area (Å²) in [5.74, 6) is -0.721. The standard InChI is InChI=1S/C19H21IN4O4/c20-18-21-10-15(17(25)26)16(24-18)22-13-6-8-14(9-7-13)23-19(27)28-11-12-4-2-1-3-5-12/h1-5,10,13-14H,6-9,11H2,(H,23,27)(H,25,26)(H,21,22,24)/t13-,14+. The third-order valence-electron chi connectivity index (χ3n) is 4.59. The molecule has 0 saturated heterocycles. The average Bonchev–Trinajstić information content (AvgIpc) is 2.68. The van der Waals surface area contributed by atoms with Crippen LogP contribution in [-0.2, 0) is 11.3 Å². The third kappa shape index (κ3) is 5.78. The van der Waals surface area contributed by atoms with Crippen LogP contribution in [0.25, 0.3) is 0 Å². The lowest BCUT2D eigenvalue weighted by Gasteiger charge is -2.30. The van der Waals surface area contributed by atoms with Gasteiger partial charge in [-0.15, -0.1) is 0 Å². The first-order chi connectivity index (χ1) is 13.5. The molecular weight excluding hydrogens is 475 g/mol. The van der Waals surface area contributed by atoms with Gasteiger partial charge < -0.3 is 20.5 Å². The zero-order valence-electron chi connectivity index (χ0n) is 15.1. The Kier molecular flexibility index (Phi) is 7.01. The smallest absolute Gasteiger partial charge is 0.407 e. The number of carbonyl (C=O) groups is 2. The number of benzene rings is 1. The van der Waals surface area contributed by atoms with E-state index < -0.39 is 12.1 Å². The SMILES string of the molecule is O=C(N[C@H]1CC[C@@H](Nc2nc(I)ncc2C(=O)O)CC1)OCc1ccccc1. The normalized spacial score (nSPS) is 18.9. The molecule has 1 aromatic heterocycles. The number of nitrogens with zero attached hydrogens (tertiary/aromatic N) is 2. The van der Waals surface area contributed by atoms with Gasteiger partial charge in [-0.2, -0.15) is 0 Å². The van der Waals surface area contributed by atoms with Crippen molar-refractivity contribution in [3.05, 3.63) is 51.5 Å². The molecule has 28 heavy (non-hydrogen) atoms. The summed E-state index contributed by atoms with van der Waals surface area (Å²) in [7, 11) is 0. The van der Waals surface area contributed by atoms with Gasteiger partial charge in [-0.1, -0.05) is 30.3 Å². The Hall–Kier alpha value is -2.43. The molecule has 1 aromatic carbocycles. The number of anilines is 1. The van der Waals surface area contributed by atoms with E-state index in [1.807, 2.05) is 52.9 Å². The van der Waals surface area contributed by atoms with Crippen molar-refractivity contribution in [2.24, 2.45) is 0 Å². The molecule has 3 N–H and O–H groups in total. The number of carboxylic acid groups (broad SMARTS) is 1. The van der Waals surface area contributed by atoms with Crippen LogP contribution >= 0.6 is 22.6 Å². The van der Waals surface area contributed by atoms with Crippen LogP contribution in [0, 0.1) is 3.83 Å². The van der Waals surface area contributed by atoms with E-state index in [2.05, 4.69) is 20.6 Å². The molecule has 0 radical (unpaired) electrons. The molecule has 0 spiro atoms. The lowest BCUT2D eigenvalue weighted by molar-refractivity contribution is 0.0696. The van der Waals surface area contributed by atoms with Gasteiger partial charge in [-0.05, 0) is 31.2 Å². The van der Waals surface area contributed by atoms with E-state index in [0.29, 0.717) is 9.65 Å². The van der Waals surface area contributed by atoms with Crippen molar-refractivity contribution < 1.29 is 19.4 Å². The number of ether oxygens (including phenoxy) is 1. The number of amides is 1. The molecule has 1 saturated carbocycles.